The second kappa shape index (κ2) is 20.0. The van der Waals surface area contributed by atoms with Crippen LogP contribution in [0.5, 0.6) is 0 Å². The molecule has 6 atom stereocenters. The number of hydrogen-bond donors (Lipinski definition) is 2. The molecule has 0 aromatic carbocycles. The molecular formula is C45H77N7O9Si. The van der Waals surface area contributed by atoms with Crippen molar-refractivity contribution in [2.75, 3.05) is 26.4 Å². The molecule has 17 heteroatoms. The summed E-state index contributed by atoms with van der Waals surface area (Å²) in [4.78, 5) is 57.7. The van der Waals surface area contributed by atoms with Crippen LogP contribution in [-0.2, 0) is 42.4 Å². The van der Waals surface area contributed by atoms with Crippen LogP contribution in [-0.4, -0.2) is 73.2 Å². The molecule has 0 bridgehead atoms. The maximum atomic E-state index is 14.8. The minimum Gasteiger partial charge on any atom is -0.424 e. The van der Waals surface area contributed by atoms with E-state index in [9.17, 15) is 29.7 Å². The molecule has 6 unspecified atom stereocenters. The SMILES string of the molecule is CCO[Si](CCCNC(=O)NC1CC(C)(C)CC(C)(Cn2c(=O)n(CC3(C)CC(OC#N)CC(C)(C)C3)c(=O)n(CC3(C)CC(OC#N)CC(C)(C)C3)c2=O)C1)(OCC)OCC. The molecule has 0 radical (unpaired) electrons. The molecule has 2 N–H and O–H groups in total. The highest BCUT2D eigenvalue weighted by Crippen LogP contribution is 2.50. The van der Waals surface area contributed by atoms with Crippen molar-refractivity contribution in [3.8, 4) is 12.5 Å². The van der Waals surface area contributed by atoms with Crippen molar-refractivity contribution in [3.63, 3.8) is 0 Å². The van der Waals surface area contributed by atoms with Gasteiger partial charge in [0, 0.05) is 58.1 Å². The molecule has 3 aliphatic carbocycles. The zero-order valence-electron chi connectivity index (χ0n) is 39.9. The van der Waals surface area contributed by atoms with Gasteiger partial charge in [-0.2, -0.15) is 10.5 Å². The molecule has 4 rings (SSSR count). The number of ether oxygens (including phenoxy) is 2. The summed E-state index contributed by atoms with van der Waals surface area (Å²) in [6.07, 6.45) is 9.01. The Morgan fingerprint density at radius 1 is 0.629 bits per heavy atom. The Bertz CT molecular complexity index is 1870. The van der Waals surface area contributed by atoms with Crippen LogP contribution in [0, 0.1) is 55.5 Å². The number of amides is 2. The normalized spacial score (nSPS) is 29.2. The number of nitriles is 2. The summed E-state index contributed by atoms with van der Waals surface area (Å²) in [6, 6.07) is 0.0173. The molecule has 2 amide bonds. The Morgan fingerprint density at radius 2 is 1.00 bits per heavy atom. The molecule has 350 valence electrons. The third-order valence-electron chi connectivity index (χ3n) is 13.1. The molecular weight excluding hydrogens is 811 g/mol. The van der Waals surface area contributed by atoms with Crippen molar-refractivity contribution < 1.29 is 27.5 Å². The molecule has 1 aromatic heterocycles. The number of rotatable bonds is 19. The lowest BCUT2D eigenvalue weighted by Gasteiger charge is -2.47. The van der Waals surface area contributed by atoms with Crippen molar-refractivity contribution in [3.05, 3.63) is 31.5 Å². The lowest BCUT2D eigenvalue weighted by Crippen LogP contribution is -2.59. The van der Waals surface area contributed by atoms with Gasteiger partial charge in [-0.25, -0.2) is 32.9 Å². The van der Waals surface area contributed by atoms with E-state index in [-0.39, 0.29) is 60.2 Å². The van der Waals surface area contributed by atoms with E-state index in [2.05, 4.69) is 59.1 Å². The smallest absolute Gasteiger partial charge is 0.424 e. The Balaban J connectivity index is 1.68. The van der Waals surface area contributed by atoms with Crippen molar-refractivity contribution in [2.24, 2.45) is 32.5 Å². The lowest BCUT2D eigenvalue weighted by atomic mass is 9.62. The van der Waals surface area contributed by atoms with Crippen molar-refractivity contribution in [1.29, 1.82) is 10.5 Å². The van der Waals surface area contributed by atoms with Crippen LogP contribution in [0.25, 0.3) is 0 Å². The quantitative estimate of drug-likeness (QED) is 0.0855. The highest BCUT2D eigenvalue weighted by Gasteiger charge is 2.47. The number of hydrogen-bond acceptors (Lipinski definition) is 11. The van der Waals surface area contributed by atoms with Gasteiger partial charge >= 0.3 is 31.9 Å². The average Bonchev–Trinajstić information content (AvgIpc) is 3.10. The fraction of sp³-hybridized carbons (Fsp3) is 0.867. The summed E-state index contributed by atoms with van der Waals surface area (Å²) in [7, 11) is -2.85. The monoisotopic (exact) mass is 888 g/mol. The fourth-order valence-electron chi connectivity index (χ4n) is 12.5. The molecule has 62 heavy (non-hydrogen) atoms. The number of nitrogens with one attached hydrogen (secondary N) is 2. The minimum atomic E-state index is -2.85. The number of carbonyl (C=O) groups is 1. The lowest BCUT2D eigenvalue weighted by molar-refractivity contribution is -0.0236. The number of urea groups is 1. The summed E-state index contributed by atoms with van der Waals surface area (Å²) in [5, 5.41) is 25.0. The van der Waals surface area contributed by atoms with Crippen LogP contribution in [0.15, 0.2) is 14.4 Å². The summed E-state index contributed by atoms with van der Waals surface area (Å²) in [5.41, 5.74) is -4.57. The second-order valence-electron chi connectivity index (χ2n) is 22.1. The van der Waals surface area contributed by atoms with Gasteiger partial charge in [-0.15, -0.1) is 0 Å². The van der Waals surface area contributed by atoms with Crippen LogP contribution in [0.4, 0.5) is 4.79 Å². The number of nitrogens with zero attached hydrogens (tertiary/aromatic N) is 5. The third kappa shape index (κ3) is 13.4. The first-order valence-electron chi connectivity index (χ1n) is 22.8. The van der Waals surface area contributed by atoms with Crippen LogP contribution in [0.1, 0.15) is 147 Å². The maximum absolute atomic E-state index is 14.8. The maximum Gasteiger partial charge on any atom is 0.500 e. The summed E-state index contributed by atoms with van der Waals surface area (Å²) in [6.45, 7) is 26.4. The summed E-state index contributed by atoms with van der Waals surface area (Å²) in [5.74, 6) is 0. The van der Waals surface area contributed by atoms with Gasteiger partial charge < -0.3 is 33.4 Å². The van der Waals surface area contributed by atoms with E-state index in [0.717, 1.165) is 0 Å². The molecule has 0 aliphatic heterocycles. The largest absolute Gasteiger partial charge is 0.500 e. The fourth-order valence-corrected chi connectivity index (χ4v) is 15.1. The van der Waals surface area contributed by atoms with Crippen LogP contribution < -0.4 is 27.7 Å². The van der Waals surface area contributed by atoms with Crippen molar-refractivity contribution in [2.45, 2.75) is 191 Å². The summed E-state index contributed by atoms with van der Waals surface area (Å²) < 4.78 is 32.6. The number of aromatic nitrogens is 3. The Hall–Kier alpha value is -3.64. The third-order valence-corrected chi connectivity index (χ3v) is 16.2. The first-order chi connectivity index (χ1) is 28.8. The van der Waals surface area contributed by atoms with Gasteiger partial charge in [0.2, 0.25) is 0 Å². The van der Waals surface area contributed by atoms with Gasteiger partial charge in [-0.1, -0.05) is 62.3 Å². The van der Waals surface area contributed by atoms with Crippen LogP contribution >= 0.6 is 0 Å². The molecule has 1 heterocycles. The van der Waals surface area contributed by atoms with E-state index in [1.54, 1.807) is 0 Å². The van der Waals surface area contributed by atoms with E-state index in [1.165, 1.54) is 13.7 Å². The molecule has 3 aliphatic rings. The van der Waals surface area contributed by atoms with E-state index >= 15 is 0 Å². The molecule has 16 nitrogen and oxygen atoms in total. The minimum absolute atomic E-state index is 0.0396. The Labute approximate surface area is 370 Å². The van der Waals surface area contributed by atoms with Gasteiger partial charge in [0.1, 0.15) is 12.2 Å². The predicted molar refractivity (Wildman–Crippen MR) is 238 cm³/mol. The standard InChI is InChI=1S/C45H77N7O9Si/c1-13-59-62(60-14-2,61-15-3)18-16-17-48-36(53)49-33-19-40(4,5)25-43(10,20-33)28-50-37(54)51(29-44(11)23-34(57-31-46)21-41(6,7)26-44)39(56)52(38(50)55)30-45(12)24-35(58-32-47)22-42(8,9)27-45/h33-35H,13-30H2,1-12H3,(H2,48,49,53). The zero-order valence-corrected chi connectivity index (χ0v) is 40.9. The molecule has 0 saturated heterocycles. The van der Waals surface area contributed by atoms with E-state index in [0.29, 0.717) is 96.6 Å². The Kier molecular flexibility index (Phi) is 16.5. The molecule has 1 aromatic rings. The van der Waals surface area contributed by atoms with Gasteiger partial charge in [0.15, 0.2) is 0 Å². The first kappa shape index (κ1) is 51.0. The van der Waals surface area contributed by atoms with E-state index < -0.39 is 42.1 Å². The van der Waals surface area contributed by atoms with Gasteiger partial charge in [0.25, 0.3) is 12.5 Å². The molecule has 3 fully saturated rings. The Morgan fingerprint density at radius 3 is 1.37 bits per heavy atom. The van der Waals surface area contributed by atoms with E-state index in [4.69, 9.17) is 22.8 Å². The number of carbonyl (C=O) groups excluding carboxylic acids is 1. The topological polar surface area (TPSA) is 201 Å². The van der Waals surface area contributed by atoms with Crippen molar-refractivity contribution in [1.82, 2.24) is 24.3 Å². The average molecular weight is 888 g/mol. The first-order valence-corrected chi connectivity index (χ1v) is 24.7. The van der Waals surface area contributed by atoms with Gasteiger partial charge in [-0.05, 0) is 117 Å². The molecule has 0 spiro atoms. The van der Waals surface area contributed by atoms with Crippen LogP contribution in [0.2, 0.25) is 6.04 Å². The molecule has 3 saturated carbocycles. The van der Waals surface area contributed by atoms with Crippen LogP contribution in [0.3, 0.4) is 0 Å². The van der Waals surface area contributed by atoms with E-state index in [1.807, 2.05) is 47.1 Å². The summed E-state index contributed by atoms with van der Waals surface area (Å²) >= 11 is 0. The zero-order chi connectivity index (χ0) is 46.4. The van der Waals surface area contributed by atoms with Gasteiger partial charge in [0.05, 0.1) is 0 Å². The van der Waals surface area contributed by atoms with Gasteiger partial charge in [-0.3, -0.25) is 0 Å². The predicted octanol–water partition coefficient (Wildman–Crippen LogP) is 6.66. The highest BCUT2D eigenvalue weighted by molar-refractivity contribution is 6.60. The second-order valence-corrected chi connectivity index (χ2v) is 24.9. The van der Waals surface area contributed by atoms with Crippen molar-refractivity contribution >= 4 is 14.8 Å². The highest BCUT2D eigenvalue weighted by atomic mass is 28.4.